The van der Waals surface area contributed by atoms with Crippen LogP contribution in [-0.2, 0) is 15.2 Å². The van der Waals surface area contributed by atoms with Crippen LogP contribution in [0.25, 0.3) is 0 Å². The van der Waals surface area contributed by atoms with Crippen molar-refractivity contribution in [3.8, 4) is 5.75 Å². The number of aromatic nitrogens is 1. The fraction of sp³-hybridized carbons (Fsp3) is 0.250. The Kier molecular flexibility index (Phi) is 6.70. The normalized spacial score (nSPS) is 19.1. The van der Waals surface area contributed by atoms with Gasteiger partial charge in [0.2, 0.25) is 18.0 Å². The lowest BCUT2D eigenvalue weighted by Crippen LogP contribution is -2.63. The Morgan fingerprint density at radius 1 is 1.07 bits per heavy atom. The maximum absolute atomic E-state index is 15.3. The topological polar surface area (TPSA) is 90.3 Å². The van der Waals surface area contributed by atoms with E-state index < -0.39 is 48.1 Å². The van der Waals surface area contributed by atoms with E-state index in [1.54, 1.807) is 15.6 Å². The average Bonchev–Trinajstić information content (AvgIpc) is 3.13. The van der Waals surface area contributed by atoms with Gasteiger partial charge in [-0.25, -0.2) is 13.6 Å². The molecule has 0 saturated carbocycles. The first-order chi connectivity index (χ1) is 19.4. The first kappa shape index (κ1) is 25.9. The van der Waals surface area contributed by atoms with Crippen molar-refractivity contribution in [2.24, 2.45) is 0 Å². The lowest BCUT2D eigenvalue weighted by Gasteiger charge is -2.50. The summed E-state index contributed by atoms with van der Waals surface area (Å²) in [4.78, 5) is 40.7. The van der Waals surface area contributed by atoms with Crippen LogP contribution in [-0.4, -0.2) is 48.3 Å². The maximum Gasteiger partial charge on any atom is 0.510 e. The Morgan fingerprint density at radius 3 is 2.73 bits per heavy atom. The van der Waals surface area contributed by atoms with Gasteiger partial charge < -0.3 is 19.1 Å². The molecule has 0 bridgehead atoms. The second kappa shape index (κ2) is 10.3. The molecule has 0 N–H and O–H groups in total. The number of hydrogen-bond acceptors (Lipinski definition) is 8. The highest BCUT2D eigenvalue weighted by molar-refractivity contribution is 7.98. The molecule has 0 unspecified atom stereocenters. The molecule has 1 amide bonds. The van der Waals surface area contributed by atoms with Gasteiger partial charge in [0.1, 0.15) is 6.17 Å². The Hall–Kier alpha value is -4.32. The van der Waals surface area contributed by atoms with Crippen LogP contribution < -0.4 is 15.2 Å². The predicted octanol–water partition coefficient (Wildman–Crippen LogP) is 4.32. The number of amides is 1. The molecule has 0 spiro atoms. The Bertz CT molecular complexity index is 1610. The third kappa shape index (κ3) is 4.19. The minimum absolute atomic E-state index is 0.0777. The number of halogens is 2. The zero-order valence-electron chi connectivity index (χ0n) is 21.2. The highest BCUT2D eigenvalue weighted by Gasteiger charge is 2.45. The van der Waals surface area contributed by atoms with Crippen molar-refractivity contribution in [2.75, 3.05) is 25.5 Å². The van der Waals surface area contributed by atoms with Gasteiger partial charge in [0.15, 0.2) is 17.3 Å². The number of ether oxygens (including phenoxy) is 3. The zero-order valence-corrected chi connectivity index (χ0v) is 22.0. The van der Waals surface area contributed by atoms with Crippen LogP contribution in [0.1, 0.15) is 39.6 Å². The number of nitrogens with zero attached hydrogens (tertiary/aromatic N) is 3. The molecule has 3 aliphatic heterocycles. The maximum atomic E-state index is 15.3. The summed E-state index contributed by atoms with van der Waals surface area (Å²) < 4.78 is 46.0. The summed E-state index contributed by atoms with van der Waals surface area (Å²) in [5.41, 5.74) is 0.936. The van der Waals surface area contributed by atoms with E-state index in [0.29, 0.717) is 12.0 Å². The molecule has 0 aliphatic carbocycles. The molecule has 3 aromatic rings. The largest absolute Gasteiger partial charge is 0.510 e. The number of methoxy groups -OCH3 is 1. The van der Waals surface area contributed by atoms with Gasteiger partial charge in [-0.15, -0.1) is 11.8 Å². The van der Waals surface area contributed by atoms with Crippen LogP contribution in [0.2, 0.25) is 0 Å². The summed E-state index contributed by atoms with van der Waals surface area (Å²) >= 11 is 1.40. The SMILES string of the molecule is COC(=O)OCOc1c2n(ccc1=O)N([C@@H]1c3ccccc3SCc3c1ccc(F)c3F)[C@@H]1CC=CCN1C2=O. The van der Waals surface area contributed by atoms with Crippen molar-refractivity contribution in [3.05, 3.63) is 105 Å². The van der Waals surface area contributed by atoms with E-state index in [4.69, 9.17) is 9.47 Å². The summed E-state index contributed by atoms with van der Waals surface area (Å²) in [7, 11) is 1.13. The van der Waals surface area contributed by atoms with E-state index in [1.807, 2.05) is 41.4 Å². The van der Waals surface area contributed by atoms with Crippen molar-refractivity contribution >= 4 is 23.8 Å². The third-order valence-corrected chi connectivity index (χ3v) is 8.27. The molecule has 6 rings (SSSR count). The molecular weight excluding hydrogens is 544 g/mol. The monoisotopic (exact) mass is 567 g/mol. The lowest BCUT2D eigenvalue weighted by molar-refractivity contribution is 0.0130. The number of fused-ring (bicyclic) bond motifs is 4. The number of pyridine rings is 1. The van der Waals surface area contributed by atoms with E-state index >= 15 is 4.39 Å². The van der Waals surface area contributed by atoms with Crippen LogP contribution in [0.5, 0.6) is 5.75 Å². The molecule has 12 heteroatoms. The van der Waals surface area contributed by atoms with E-state index in [2.05, 4.69) is 4.74 Å². The molecule has 0 saturated heterocycles. The highest BCUT2D eigenvalue weighted by atomic mass is 32.2. The zero-order chi connectivity index (χ0) is 28.0. The smallest absolute Gasteiger partial charge is 0.451 e. The summed E-state index contributed by atoms with van der Waals surface area (Å²) in [5.74, 6) is -2.41. The van der Waals surface area contributed by atoms with Gasteiger partial charge in [-0.3, -0.25) is 19.3 Å². The number of carbonyl (C=O) groups is 2. The van der Waals surface area contributed by atoms with Crippen molar-refractivity contribution < 1.29 is 32.6 Å². The molecule has 2 aromatic carbocycles. The van der Waals surface area contributed by atoms with Crippen LogP contribution >= 0.6 is 11.8 Å². The van der Waals surface area contributed by atoms with Gasteiger partial charge in [-0.2, -0.15) is 0 Å². The summed E-state index contributed by atoms with van der Waals surface area (Å²) in [6, 6.07) is 10.9. The molecule has 0 fully saturated rings. The minimum atomic E-state index is -1.02. The van der Waals surface area contributed by atoms with Crippen LogP contribution in [0.3, 0.4) is 0 Å². The van der Waals surface area contributed by atoms with E-state index in [0.717, 1.165) is 23.6 Å². The number of carbonyl (C=O) groups excluding carboxylic acids is 2. The van der Waals surface area contributed by atoms with Crippen LogP contribution in [0.4, 0.5) is 13.6 Å². The van der Waals surface area contributed by atoms with E-state index in [-0.39, 0.29) is 29.3 Å². The van der Waals surface area contributed by atoms with Crippen LogP contribution in [0.15, 0.2) is 70.5 Å². The van der Waals surface area contributed by atoms with Crippen molar-refractivity contribution in [1.82, 2.24) is 9.58 Å². The quantitative estimate of drug-likeness (QED) is 0.262. The molecule has 1 aromatic heterocycles. The molecule has 2 atom stereocenters. The Morgan fingerprint density at radius 2 is 1.90 bits per heavy atom. The summed E-state index contributed by atoms with van der Waals surface area (Å²) in [5, 5.41) is 1.90. The number of thioether (sulfide) groups is 1. The molecule has 9 nitrogen and oxygen atoms in total. The van der Waals surface area contributed by atoms with Gasteiger partial charge in [-0.1, -0.05) is 36.4 Å². The molecule has 40 heavy (non-hydrogen) atoms. The van der Waals surface area contributed by atoms with Gasteiger partial charge in [0, 0.05) is 41.4 Å². The summed E-state index contributed by atoms with van der Waals surface area (Å²) in [6.07, 6.45) is 4.19. The first-order valence-corrected chi connectivity index (χ1v) is 13.4. The lowest BCUT2D eigenvalue weighted by atomic mass is 9.92. The van der Waals surface area contributed by atoms with Crippen molar-refractivity contribution in [3.63, 3.8) is 0 Å². The van der Waals surface area contributed by atoms with Gasteiger partial charge in [-0.05, 0) is 23.3 Å². The van der Waals surface area contributed by atoms with Gasteiger partial charge in [0.05, 0.1) is 13.2 Å². The van der Waals surface area contributed by atoms with Gasteiger partial charge >= 0.3 is 6.16 Å². The van der Waals surface area contributed by atoms with E-state index in [1.165, 1.54) is 24.0 Å². The molecule has 3 aliphatic rings. The van der Waals surface area contributed by atoms with E-state index in [9.17, 15) is 18.8 Å². The molecule has 4 heterocycles. The highest BCUT2D eigenvalue weighted by Crippen LogP contribution is 2.45. The first-order valence-electron chi connectivity index (χ1n) is 12.4. The van der Waals surface area contributed by atoms with Crippen LogP contribution in [0, 0.1) is 11.6 Å². The predicted molar refractivity (Wildman–Crippen MR) is 141 cm³/mol. The molecular formula is C28H23F2N3O6S. The fourth-order valence-electron chi connectivity index (χ4n) is 5.38. The average molecular weight is 568 g/mol. The summed E-state index contributed by atoms with van der Waals surface area (Å²) in [6.45, 7) is -0.402. The fourth-order valence-corrected chi connectivity index (χ4v) is 6.50. The minimum Gasteiger partial charge on any atom is -0.451 e. The number of benzene rings is 2. The second-order valence-electron chi connectivity index (χ2n) is 9.25. The van der Waals surface area contributed by atoms with Crippen molar-refractivity contribution in [2.45, 2.75) is 29.3 Å². The second-order valence-corrected chi connectivity index (χ2v) is 10.3. The molecule has 206 valence electrons. The number of hydrogen-bond donors (Lipinski definition) is 0. The van der Waals surface area contributed by atoms with Gasteiger partial charge in [0.25, 0.3) is 5.91 Å². The Balaban J connectivity index is 1.58. The van der Waals surface area contributed by atoms with Crippen molar-refractivity contribution in [1.29, 1.82) is 0 Å². The number of rotatable bonds is 4. The standard InChI is InChI=1S/C28H23F2N3O6S/c1-37-28(36)39-15-38-26-20(34)11-13-32-25(26)27(35)31-12-5-4-8-22(31)33(32)24-16-9-10-19(29)23(30)18(16)14-40-21-7-3-2-6-17(21)24/h2-7,9-11,13,22,24H,8,12,14-15H2,1H3/t22-,24+/m1/s1. The third-order valence-electron chi connectivity index (χ3n) is 7.15. The molecule has 0 radical (unpaired) electrons. The Labute approximate surface area is 231 Å².